The number of hydrogen-bond acceptors (Lipinski definition) is 10. The Bertz CT molecular complexity index is 2440. The van der Waals surface area contributed by atoms with Crippen molar-refractivity contribution >= 4 is 74.4 Å². The number of carboxylic acid groups (broad SMARTS) is 1. The number of carbonyl (C=O) groups is 7. The Kier molecular flexibility index (Phi) is 16.7. The van der Waals surface area contributed by atoms with Crippen LogP contribution in [0.15, 0.2) is 131 Å². The summed E-state index contributed by atoms with van der Waals surface area (Å²) >= 11 is 4.68. The van der Waals surface area contributed by atoms with Gasteiger partial charge < -0.3 is 47.2 Å². The highest BCUT2D eigenvalue weighted by Crippen LogP contribution is 2.17. The second-order valence-electron chi connectivity index (χ2n) is 15.4. The minimum atomic E-state index is -2.32. The zero-order valence-corrected chi connectivity index (χ0v) is 37.1. The van der Waals surface area contributed by atoms with Gasteiger partial charge in [-0.15, -0.1) is 11.3 Å². The normalized spacial score (nSPS) is 21.6. The average Bonchev–Trinajstić information content (AvgIpc) is 3.82. The van der Waals surface area contributed by atoms with Gasteiger partial charge in [0.05, 0.1) is 0 Å². The van der Waals surface area contributed by atoms with Crippen molar-refractivity contribution in [2.45, 2.75) is 74.5 Å². The van der Waals surface area contributed by atoms with Crippen LogP contribution in [0.25, 0.3) is 0 Å². The molecule has 1 aromatic heterocycles. The molecule has 0 radical (unpaired) electrons. The van der Waals surface area contributed by atoms with Gasteiger partial charge in [0, 0.05) is 47.1 Å². The number of aliphatic hydroxyl groups is 2. The monoisotopic (exact) mass is 966 g/mol. The van der Waals surface area contributed by atoms with Crippen LogP contribution in [0.2, 0.25) is 0 Å². The summed E-state index contributed by atoms with van der Waals surface area (Å²) in [6, 6.07) is 26.7. The first-order chi connectivity index (χ1) is 31.2. The van der Waals surface area contributed by atoms with Crippen LogP contribution in [0.4, 0.5) is 5.69 Å². The van der Waals surface area contributed by atoms with Gasteiger partial charge in [-0.3, -0.25) is 28.8 Å². The van der Waals surface area contributed by atoms with E-state index in [2.05, 4.69) is 47.8 Å². The summed E-state index contributed by atoms with van der Waals surface area (Å²) in [6.45, 7) is 0. The third-order valence-electron chi connectivity index (χ3n) is 10.5. The second kappa shape index (κ2) is 22.8. The number of amides is 6. The molecule has 2 bridgehead atoms. The van der Waals surface area contributed by atoms with Crippen molar-refractivity contribution in [3.8, 4) is 0 Å². The summed E-state index contributed by atoms with van der Waals surface area (Å²) in [5.74, 6) is -7.00. The number of anilines is 1. The zero-order valence-electron chi connectivity index (χ0n) is 34.7. The molecule has 2 aliphatic heterocycles. The zero-order chi connectivity index (χ0) is 46.5. The number of fused-ring (bicyclic) bond motifs is 18. The Morgan fingerprint density at radius 1 is 0.615 bits per heavy atom. The van der Waals surface area contributed by atoms with E-state index in [1.165, 1.54) is 35.6 Å². The maximum absolute atomic E-state index is 14.5. The number of aliphatic carboxylic acids is 1. The molecule has 338 valence electrons. The van der Waals surface area contributed by atoms with Crippen molar-refractivity contribution in [3.63, 3.8) is 0 Å². The molecule has 6 amide bonds. The van der Waals surface area contributed by atoms with Crippen molar-refractivity contribution in [2.24, 2.45) is 0 Å². The maximum atomic E-state index is 14.5. The molecule has 0 saturated heterocycles. The minimum Gasteiger partial charge on any atom is -0.480 e. The Labute approximate surface area is 386 Å². The van der Waals surface area contributed by atoms with Gasteiger partial charge in [-0.25, -0.2) is 4.79 Å². The van der Waals surface area contributed by atoms with Crippen molar-refractivity contribution in [1.82, 2.24) is 26.6 Å². The lowest BCUT2D eigenvalue weighted by Crippen LogP contribution is -2.60. The summed E-state index contributed by atoms with van der Waals surface area (Å²) in [7, 11) is 0. The lowest BCUT2D eigenvalue weighted by molar-refractivity contribution is -0.144. The van der Waals surface area contributed by atoms with Crippen LogP contribution >= 0.6 is 27.3 Å². The maximum Gasteiger partial charge on any atom is 0.326 e. The molecule has 5 aromatic rings. The summed E-state index contributed by atoms with van der Waals surface area (Å²) in [5.41, 5.74) is 2.46. The SMILES string of the molecule is O=C(O)[C@H](Cc1ccccc1)NC(=O)[C@H]1Cc2ccc(cc2)NC(=O)[C@H](O)[C@@H](O)C(=O)N[C@@H](Cc2cccs2)C(=O)N[C@H](Cc2ccc(Br)cc2)C(=O)N[C@@H](Cc2ccccc2)C(=O)N1. The number of nitrogens with one attached hydrogen (secondary N) is 6. The number of halogens is 1. The number of rotatable bonds is 11. The summed E-state index contributed by atoms with van der Waals surface area (Å²) in [4.78, 5) is 97.1. The predicted octanol–water partition coefficient (Wildman–Crippen LogP) is 2.21. The first-order valence-electron chi connectivity index (χ1n) is 20.6. The van der Waals surface area contributed by atoms with Gasteiger partial charge in [0.25, 0.3) is 11.8 Å². The fraction of sp³-hybridized carbons (Fsp3) is 0.255. The molecule has 7 rings (SSSR count). The smallest absolute Gasteiger partial charge is 0.326 e. The first-order valence-corrected chi connectivity index (χ1v) is 22.2. The van der Waals surface area contributed by atoms with Gasteiger partial charge in [-0.2, -0.15) is 0 Å². The van der Waals surface area contributed by atoms with Crippen molar-refractivity contribution in [1.29, 1.82) is 0 Å². The van der Waals surface area contributed by atoms with E-state index in [1.54, 1.807) is 102 Å². The molecule has 0 spiro atoms. The van der Waals surface area contributed by atoms with Crippen molar-refractivity contribution in [2.75, 3.05) is 5.32 Å². The van der Waals surface area contributed by atoms with Crippen LogP contribution in [0.3, 0.4) is 0 Å². The van der Waals surface area contributed by atoms with Gasteiger partial charge in [0.15, 0.2) is 12.2 Å². The highest BCUT2D eigenvalue weighted by atomic mass is 79.9. The molecule has 16 nitrogen and oxygen atoms in total. The summed E-state index contributed by atoms with van der Waals surface area (Å²) < 4.78 is 0.749. The van der Waals surface area contributed by atoms with Gasteiger partial charge in [0.1, 0.15) is 30.2 Å². The number of carbonyl (C=O) groups excluding carboxylic acids is 6. The van der Waals surface area contributed by atoms with E-state index in [-0.39, 0.29) is 37.8 Å². The molecule has 0 saturated carbocycles. The molecule has 0 fully saturated rings. The standard InChI is InChI=1S/C47H47BrN6O10S/c48-31-17-13-29(14-18-31)23-35-42(58)50-34(22-27-8-3-1-4-9-27)41(57)51-36(43(59)54-38(47(63)64)25-28-10-5-2-6-11-28)24-30-15-19-32(20-16-30)49-45(61)39(55)40(56)46(62)53-37(44(60)52-35)26-33-12-7-21-65-33/h1-21,34-40,55-56H,22-26H2,(H,49,61)(H,50,58)(H,51,57)(H,52,60)(H,53,62)(H,54,59)(H,63,64)/t34-,35+,36+,37-,38-,39+,40+/m0/s1. The molecule has 0 unspecified atom stereocenters. The Balaban J connectivity index is 1.38. The van der Waals surface area contributed by atoms with Gasteiger partial charge in [-0.1, -0.05) is 107 Å². The third-order valence-corrected chi connectivity index (χ3v) is 12.0. The van der Waals surface area contributed by atoms with Gasteiger partial charge >= 0.3 is 5.97 Å². The summed E-state index contributed by atoms with van der Waals surface area (Å²) in [5, 5.41) is 49.2. The number of hydrogen-bond donors (Lipinski definition) is 9. The van der Waals surface area contributed by atoms with Crippen LogP contribution in [-0.4, -0.2) is 99.1 Å². The molecule has 2 aliphatic rings. The number of carboxylic acids is 1. The van der Waals surface area contributed by atoms with E-state index < -0.39 is 83.8 Å². The highest BCUT2D eigenvalue weighted by Gasteiger charge is 2.36. The fourth-order valence-corrected chi connectivity index (χ4v) is 8.05. The molecular formula is C47H47BrN6O10S. The first kappa shape index (κ1) is 47.7. The van der Waals surface area contributed by atoms with Crippen LogP contribution in [0.1, 0.15) is 27.1 Å². The summed E-state index contributed by atoms with van der Waals surface area (Å²) in [6.07, 6.45) is -5.12. The number of thiophene rings is 1. The Morgan fingerprint density at radius 3 is 1.71 bits per heavy atom. The van der Waals surface area contributed by atoms with Gasteiger partial charge in [-0.05, 0) is 58.0 Å². The van der Waals surface area contributed by atoms with Crippen LogP contribution < -0.4 is 31.9 Å². The minimum absolute atomic E-state index is 0.0645. The van der Waals surface area contributed by atoms with E-state index in [1.807, 2.05) is 0 Å². The van der Waals surface area contributed by atoms with Crippen molar-refractivity contribution < 1.29 is 48.9 Å². The third kappa shape index (κ3) is 13.9. The van der Waals surface area contributed by atoms with E-state index >= 15 is 0 Å². The van der Waals surface area contributed by atoms with Crippen LogP contribution in [0, 0.1) is 0 Å². The molecule has 7 atom stereocenters. The molecule has 4 aromatic carbocycles. The molecule has 3 heterocycles. The van der Waals surface area contributed by atoms with E-state index in [0.717, 1.165) is 4.47 Å². The molecule has 0 aliphatic carbocycles. The molecule has 9 N–H and O–H groups in total. The van der Waals surface area contributed by atoms with E-state index in [0.29, 0.717) is 27.1 Å². The number of benzene rings is 4. The molecular weight excluding hydrogens is 921 g/mol. The average molecular weight is 968 g/mol. The second-order valence-corrected chi connectivity index (χ2v) is 17.4. The van der Waals surface area contributed by atoms with E-state index in [4.69, 9.17) is 0 Å². The Hall–Kier alpha value is -6.73. The van der Waals surface area contributed by atoms with Crippen LogP contribution in [0.5, 0.6) is 0 Å². The van der Waals surface area contributed by atoms with Crippen molar-refractivity contribution in [3.05, 3.63) is 158 Å². The predicted molar refractivity (Wildman–Crippen MR) is 244 cm³/mol. The highest BCUT2D eigenvalue weighted by molar-refractivity contribution is 9.10. The van der Waals surface area contributed by atoms with E-state index in [9.17, 15) is 48.9 Å². The van der Waals surface area contributed by atoms with Crippen LogP contribution in [-0.2, 0) is 65.7 Å². The Morgan fingerprint density at radius 2 is 1.14 bits per heavy atom. The van der Waals surface area contributed by atoms with Gasteiger partial charge in [0.2, 0.25) is 23.6 Å². The largest absolute Gasteiger partial charge is 0.480 e. The lowest BCUT2D eigenvalue weighted by Gasteiger charge is -2.27. The quantitative estimate of drug-likeness (QED) is 0.0874. The molecule has 65 heavy (non-hydrogen) atoms. The molecule has 18 heteroatoms. The number of aliphatic hydroxyl groups excluding tert-OH is 2. The lowest BCUT2D eigenvalue weighted by atomic mass is 10.00. The topological polar surface area (TPSA) is 252 Å². The fourth-order valence-electron chi connectivity index (χ4n) is 7.03.